The summed E-state index contributed by atoms with van der Waals surface area (Å²) in [6.07, 6.45) is 5.07. The number of hydrogen-bond acceptors (Lipinski definition) is 3. The van der Waals surface area contributed by atoms with E-state index in [1.54, 1.807) is 25.1 Å². The van der Waals surface area contributed by atoms with Crippen LogP contribution in [-0.2, 0) is 16.3 Å². The van der Waals surface area contributed by atoms with Gasteiger partial charge in [-0.3, -0.25) is 4.79 Å². The molecule has 0 aromatic heterocycles. The molecule has 0 saturated heterocycles. The minimum atomic E-state index is -3.48. The van der Waals surface area contributed by atoms with Crippen molar-refractivity contribution < 1.29 is 13.2 Å². The van der Waals surface area contributed by atoms with Crippen molar-refractivity contribution in [1.82, 2.24) is 0 Å². The Morgan fingerprint density at radius 2 is 1.95 bits per heavy atom. The lowest BCUT2D eigenvalue weighted by Gasteiger charge is -2.11. The molecule has 4 N–H and O–H groups in total. The fraction of sp³-hybridized carbons (Fsp3) is 0.286. The number of allylic oxidation sites excluding steroid dienone is 1. The molecule has 1 rings (SSSR count). The number of nitrogens with two attached hydrogens (primary N) is 2. The molecular weight excluding hydrogens is 290 g/mol. The van der Waals surface area contributed by atoms with Gasteiger partial charge in [-0.1, -0.05) is 19.1 Å². The van der Waals surface area contributed by atoms with Crippen LogP contribution in [0.2, 0.25) is 0 Å². The van der Waals surface area contributed by atoms with E-state index >= 15 is 0 Å². The summed E-state index contributed by atoms with van der Waals surface area (Å²) < 4.78 is 23.8. The summed E-state index contributed by atoms with van der Waals surface area (Å²) >= 11 is 0. The standard InChI is InChI=1S/C14H19N3O3S/c1-4-6-10-7-9(5-2)11(13(18)17-14(15)16)8-12(10)21(3,19)20/h4,6-8H,5H2,1-3H3,(H4,15,16,17,18). The predicted octanol–water partition coefficient (Wildman–Crippen LogP) is 1.10. The number of rotatable bonds is 4. The van der Waals surface area contributed by atoms with Gasteiger partial charge in [-0.2, -0.15) is 4.99 Å². The van der Waals surface area contributed by atoms with Crippen LogP contribution in [0.25, 0.3) is 6.08 Å². The Bertz CT molecular complexity index is 715. The molecule has 0 unspecified atom stereocenters. The molecule has 1 aromatic rings. The second kappa shape index (κ2) is 6.53. The Kier molecular flexibility index (Phi) is 5.26. The van der Waals surface area contributed by atoms with Gasteiger partial charge in [0, 0.05) is 11.8 Å². The van der Waals surface area contributed by atoms with Crippen LogP contribution in [0.1, 0.15) is 35.3 Å². The number of carbonyl (C=O) groups is 1. The van der Waals surface area contributed by atoms with Gasteiger partial charge in [0.1, 0.15) is 0 Å². The van der Waals surface area contributed by atoms with Crippen LogP contribution in [0.5, 0.6) is 0 Å². The Morgan fingerprint density at radius 3 is 2.38 bits per heavy atom. The molecule has 0 saturated carbocycles. The number of aliphatic imine (C=N–C) groups is 1. The van der Waals surface area contributed by atoms with E-state index < -0.39 is 15.7 Å². The molecule has 0 fully saturated rings. The van der Waals surface area contributed by atoms with Crippen molar-refractivity contribution in [2.24, 2.45) is 16.5 Å². The summed E-state index contributed by atoms with van der Waals surface area (Å²) in [5, 5.41) is 0. The molecule has 0 spiro atoms. The van der Waals surface area contributed by atoms with Gasteiger partial charge in [0.25, 0.3) is 5.91 Å². The summed E-state index contributed by atoms with van der Waals surface area (Å²) in [6.45, 7) is 3.65. The number of guanidine groups is 1. The van der Waals surface area contributed by atoms with Gasteiger partial charge in [0.2, 0.25) is 0 Å². The number of nitrogens with zero attached hydrogens (tertiary/aromatic N) is 1. The van der Waals surface area contributed by atoms with Gasteiger partial charge in [-0.05, 0) is 36.6 Å². The maximum absolute atomic E-state index is 12.0. The third-order valence-corrected chi connectivity index (χ3v) is 3.98. The summed E-state index contributed by atoms with van der Waals surface area (Å²) in [7, 11) is -3.48. The third-order valence-electron chi connectivity index (χ3n) is 2.82. The highest BCUT2D eigenvalue weighted by molar-refractivity contribution is 7.90. The fourth-order valence-corrected chi connectivity index (χ4v) is 2.83. The van der Waals surface area contributed by atoms with E-state index in [0.717, 1.165) is 6.26 Å². The molecule has 0 aliphatic heterocycles. The SMILES string of the molecule is CC=Cc1cc(CC)c(C(=O)N=C(N)N)cc1S(C)(=O)=O. The Balaban J connectivity index is 3.67. The van der Waals surface area contributed by atoms with Crippen molar-refractivity contribution in [2.45, 2.75) is 25.2 Å². The third kappa shape index (κ3) is 4.16. The van der Waals surface area contributed by atoms with E-state index in [1.807, 2.05) is 6.92 Å². The second-order valence-corrected chi connectivity index (χ2v) is 6.50. The quantitative estimate of drug-likeness (QED) is 0.638. The number of carbonyl (C=O) groups excluding carboxylic acids is 1. The molecule has 0 radical (unpaired) electrons. The summed E-state index contributed by atoms with van der Waals surface area (Å²) in [4.78, 5) is 15.6. The van der Waals surface area contributed by atoms with Gasteiger partial charge in [0.05, 0.1) is 4.90 Å². The van der Waals surface area contributed by atoms with Crippen molar-refractivity contribution in [3.8, 4) is 0 Å². The minimum absolute atomic E-state index is 0.0759. The molecule has 0 aliphatic carbocycles. The first kappa shape index (κ1) is 16.9. The first-order valence-electron chi connectivity index (χ1n) is 6.34. The normalized spacial score (nSPS) is 11.6. The van der Waals surface area contributed by atoms with E-state index in [2.05, 4.69) is 4.99 Å². The Hall–Kier alpha value is -2.15. The highest BCUT2D eigenvalue weighted by Crippen LogP contribution is 2.24. The molecule has 1 amide bonds. The first-order valence-corrected chi connectivity index (χ1v) is 8.23. The average molecular weight is 309 g/mol. The number of hydrogen-bond donors (Lipinski definition) is 2. The van der Waals surface area contributed by atoms with Crippen LogP contribution in [0.4, 0.5) is 0 Å². The first-order chi connectivity index (χ1) is 9.70. The van der Waals surface area contributed by atoms with Gasteiger partial charge >= 0.3 is 0 Å². The number of amides is 1. The molecule has 0 atom stereocenters. The van der Waals surface area contributed by atoms with Crippen LogP contribution in [0.3, 0.4) is 0 Å². The molecular formula is C14H19N3O3S. The molecule has 6 nitrogen and oxygen atoms in total. The zero-order valence-electron chi connectivity index (χ0n) is 12.3. The number of benzene rings is 1. The second-order valence-electron chi connectivity index (χ2n) is 4.51. The van der Waals surface area contributed by atoms with Gasteiger partial charge in [0.15, 0.2) is 15.8 Å². The maximum Gasteiger partial charge on any atom is 0.280 e. The Morgan fingerprint density at radius 1 is 1.33 bits per heavy atom. The Labute approximate surface area is 124 Å². The zero-order valence-corrected chi connectivity index (χ0v) is 13.1. The highest BCUT2D eigenvalue weighted by atomic mass is 32.2. The van der Waals surface area contributed by atoms with Crippen LogP contribution in [-0.4, -0.2) is 26.5 Å². The summed E-state index contributed by atoms with van der Waals surface area (Å²) in [5.41, 5.74) is 11.8. The monoisotopic (exact) mass is 309 g/mol. The minimum Gasteiger partial charge on any atom is -0.370 e. The lowest BCUT2D eigenvalue weighted by atomic mass is 10.0. The van der Waals surface area contributed by atoms with E-state index in [0.29, 0.717) is 17.5 Å². The van der Waals surface area contributed by atoms with Gasteiger partial charge in [-0.25, -0.2) is 8.42 Å². The zero-order chi connectivity index (χ0) is 16.2. The van der Waals surface area contributed by atoms with E-state index in [4.69, 9.17) is 11.5 Å². The van der Waals surface area contributed by atoms with Crippen molar-refractivity contribution in [3.63, 3.8) is 0 Å². The van der Waals surface area contributed by atoms with E-state index in [1.165, 1.54) is 6.07 Å². The topological polar surface area (TPSA) is 116 Å². The fourth-order valence-electron chi connectivity index (χ4n) is 1.94. The van der Waals surface area contributed by atoms with Crippen LogP contribution in [0.15, 0.2) is 28.1 Å². The lowest BCUT2D eigenvalue weighted by Crippen LogP contribution is -2.24. The molecule has 1 aromatic carbocycles. The molecule has 21 heavy (non-hydrogen) atoms. The molecule has 0 aliphatic rings. The molecule has 7 heteroatoms. The van der Waals surface area contributed by atoms with Gasteiger partial charge < -0.3 is 11.5 Å². The van der Waals surface area contributed by atoms with Crippen LogP contribution in [0, 0.1) is 0 Å². The smallest absolute Gasteiger partial charge is 0.280 e. The lowest BCUT2D eigenvalue weighted by molar-refractivity contribution is 0.100. The van der Waals surface area contributed by atoms with Crippen LogP contribution >= 0.6 is 0 Å². The maximum atomic E-state index is 12.0. The molecule has 0 bridgehead atoms. The van der Waals surface area contributed by atoms with Crippen LogP contribution < -0.4 is 11.5 Å². The van der Waals surface area contributed by atoms with Crippen molar-refractivity contribution in [2.75, 3.05) is 6.26 Å². The van der Waals surface area contributed by atoms with Crippen molar-refractivity contribution in [3.05, 3.63) is 34.9 Å². The highest BCUT2D eigenvalue weighted by Gasteiger charge is 2.19. The van der Waals surface area contributed by atoms with Crippen molar-refractivity contribution in [1.29, 1.82) is 0 Å². The average Bonchev–Trinajstić information content (AvgIpc) is 2.36. The summed E-state index contributed by atoms with van der Waals surface area (Å²) in [6, 6.07) is 3.00. The molecule has 0 heterocycles. The van der Waals surface area contributed by atoms with Gasteiger partial charge in [-0.15, -0.1) is 0 Å². The number of sulfone groups is 1. The van der Waals surface area contributed by atoms with Crippen molar-refractivity contribution >= 4 is 27.8 Å². The van der Waals surface area contributed by atoms with E-state index in [-0.39, 0.29) is 16.4 Å². The molecule has 114 valence electrons. The number of aryl methyl sites for hydroxylation is 1. The largest absolute Gasteiger partial charge is 0.370 e. The predicted molar refractivity (Wildman–Crippen MR) is 83.8 cm³/mol. The van der Waals surface area contributed by atoms with E-state index in [9.17, 15) is 13.2 Å². The summed E-state index contributed by atoms with van der Waals surface area (Å²) in [5.74, 6) is -1.01.